The summed E-state index contributed by atoms with van der Waals surface area (Å²) in [6.07, 6.45) is 3.82. The molecule has 4 nitrogen and oxygen atoms in total. The Hall–Kier alpha value is -1.20. The van der Waals surface area contributed by atoms with Crippen LogP contribution in [-0.2, 0) is 11.3 Å². The van der Waals surface area contributed by atoms with Gasteiger partial charge < -0.3 is 15.0 Å². The summed E-state index contributed by atoms with van der Waals surface area (Å²) in [5.74, 6) is 0.264. The molecule has 0 amide bonds. The quantitative estimate of drug-likeness (QED) is 0.883. The van der Waals surface area contributed by atoms with Gasteiger partial charge in [0.1, 0.15) is 0 Å². The summed E-state index contributed by atoms with van der Waals surface area (Å²) < 4.78 is 19.6. The Bertz CT molecular complexity index is 392. The molecule has 1 fully saturated rings. The maximum Gasteiger partial charge on any atom is 0.170 e. The lowest BCUT2D eigenvalue weighted by molar-refractivity contribution is 0.0816. The lowest BCUT2D eigenvalue weighted by Crippen LogP contribution is -2.37. The van der Waals surface area contributed by atoms with E-state index in [1.54, 1.807) is 19.4 Å². The lowest BCUT2D eigenvalue weighted by Gasteiger charge is -2.32. The number of ether oxygens (including phenoxy) is 1. The number of anilines is 1. The molecule has 0 atom stereocenters. The smallest absolute Gasteiger partial charge is 0.170 e. The first-order valence-corrected chi connectivity index (χ1v) is 6.32. The van der Waals surface area contributed by atoms with E-state index in [0.29, 0.717) is 24.0 Å². The van der Waals surface area contributed by atoms with Crippen LogP contribution in [0.2, 0.25) is 0 Å². The van der Waals surface area contributed by atoms with Gasteiger partial charge >= 0.3 is 0 Å². The number of rotatable bonds is 4. The number of halogens is 1. The first-order chi connectivity index (χ1) is 8.76. The number of methoxy groups -OCH3 is 1. The van der Waals surface area contributed by atoms with Crippen molar-refractivity contribution >= 4 is 5.82 Å². The number of hydrogen-bond acceptors (Lipinski definition) is 4. The van der Waals surface area contributed by atoms with Crippen LogP contribution in [0.4, 0.5) is 10.2 Å². The molecule has 2 heterocycles. The molecule has 0 spiro atoms. The zero-order chi connectivity index (χ0) is 13.0. The summed E-state index contributed by atoms with van der Waals surface area (Å²) in [7, 11) is 3.54. The van der Waals surface area contributed by atoms with E-state index in [2.05, 4.69) is 10.3 Å². The van der Waals surface area contributed by atoms with Gasteiger partial charge in [-0.2, -0.15) is 0 Å². The van der Waals surface area contributed by atoms with Crippen molar-refractivity contribution < 1.29 is 9.13 Å². The Morgan fingerprint density at radius 2 is 2.22 bits per heavy atom. The van der Waals surface area contributed by atoms with Crippen LogP contribution in [0, 0.1) is 5.82 Å². The van der Waals surface area contributed by atoms with Crippen molar-refractivity contribution in [1.29, 1.82) is 0 Å². The molecule has 100 valence electrons. The molecule has 0 radical (unpaired) electrons. The minimum atomic E-state index is -0.206. The molecule has 1 aliphatic rings. The van der Waals surface area contributed by atoms with Crippen LogP contribution in [0.5, 0.6) is 0 Å². The summed E-state index contributed by atoms with van der Waals surface area (Å²) >= 11 is 0. The van der Waals surface area contributed by atoms with E-state index in [-0.39, 0.29) is 5.82 Å². The number of pyridine rings is 1. The minimum absolute atomic E-state index is 0.206. The van der Waals surface area contributed by atoms with Gasteiger partial charge in [-0.1, -0.05) is 0 Å². The SMILES string of the molecule is CNCc1ccnc(N2CCC(OC)CC2)c1F. The van der Waals surface area contributed by atoms with Crippen molar-refractivity contribution in [3.05, 3.63) is 23.6 Å². The van der Waals surface area contributed by atoms with Gasteiger partial charge in [0.05, 0.1) is 6.10 Å². The third-order valence-electron chi connectivity index (χ3n) is 3.39. The van der Waals surface area contributed by atoms with Crippen LogP contribution in [0.3, 0.4) is 0 Å². The van der Waals surface area contributed by atoms with Gasteiger partial charge in [0.15, 0.2) is 11.6 Å². The second kappa shape index (κ2) is 6.11. The lowest BCUT2D eigenvalue weighted by atomic mass is 10.1. The predicted molar refractivity (Wildman–Crippen MR) is 69.2 cm³/mol. The molecule has 1 aromatic heterocycles. The zero-order valence-corrected chi connectivity index (χ0v) is 10.9. The highest BCUT2D eigenvalue weighted by molar-refractivity contribution is 5.43. The molecule has 0 unspecified atom stereocenters. The molecule has 1 aliphatic heterocycles. The predicted octanol–water partition coefficient (Wildman–Crippen LogP) is 1.56. The fraction of sp³-hybridized carbons (Fsp3) is 0.615. The topological polar surface area (TPSA) is 37.4 Å². The van der Waals surface area contributed by atoms with Gasteiger partial charge in [0, 0.05) is 38.5 Å². The van der Waals surface area contributed by atoms with E-state index in [4.69, 9.17) is 4.74 Å². The first-order valence-electron chi connectivity index (χ1n) is 6.32. The Labute approximate surface area is 107 Å². The molecule has 1 aromatic rings. The Morgan fingerprint density at radius 3 is 2.83 bits per heavy atom. The van der Waals surface area contributed by atoms with Crippen LogP contribution in [0.1, 0.15) is 18.4 Å². The van der Waals surface area contributed by atoms with Crippen LogP contribution in [0.15, 0.2) is 12.3 Å². The number of nitrogens with one attached hydrogen (secondary N) is 1. The van der Waals surface area contributed by atoms with E-state index >= 15 is 0 Å². The van der Waals surface area contributed by atoms with Crippen molar-refractivity contribution in [2.75, 3.05) is 32.1 Å². The third kappa shape index (κ3) is 2.79. The minimum Gasteiger partial charge on any atom is -0.381 e. The fourth-order valence-electron chi connectivity index (χ4n) is 2.32. The van der Waals surface area contributed by atoms with Crippen molar-refractivity contribution in [3.8, 4) is 0 Å². The molecule has 1 saturated heterocycles. The van der Waals surface area contributed by atoms with E-state index in [1.807, 2.05) is 11.9 Å². The maximum absolute atomic E-state index is 14.2. The van der Waals surface area contributed by atoms with Crippen molar-refractivity contribution in [2.24, 2.45) is 0 Å². The molecule has 2 rings (SSSR count). The summed E-state index contributed by atoms with van der Waals surface area (Å²) in [6.45, 7) is 2.12. The zero-order valence-electron chi connectivity index (χ0n) is 10.9. The number of hydrogen-bond donors (Lipinski definition) is 1. The van der Waals surface area contributed by atoms with Crippen LogP contribution < -0.4 is 10.2 Å². The highest BCUT2D eigenvalue weighted by Crippen LogP contribution is 2.23. The number of nitrogens with zero attached hydrogens (tertiary/aromatic N) is 2. The molecular weight excluding hydrogens is 233 g/mol. The van der Waals surface area contributed by atoms with Gasteiger partial charge in [-0.15, -0.1) is 0 Å². The summed E-state index contributed by atoms with van der Waals surface area (Å²) in [5.41, 5.74) is 0.663. The Morgan fingerprint density at radius 1 is 1.50 bits per heavy atom. The van der Waals surface area contributed by atoms with Crippen molar-refractivity contribution in [3.63, 3.8) is 0 Å². The van der Waals surface area contributed by atoms with E-state index in [0.717, 1.165) is 25.9 Å². The highest BCUT2D eigenvalue weighted by Gasteiger charge is 2.22. The average Bonchev–Trinajstić information content (AvgIpc) is 2.42. The number of aromatic nitrogens is 1. The monoisotopic (exact) mass is 253 g/mol. The summed E-state index contributed by atoms with van der Waals surface area (Å²) in [6, 6.07) is 1.72. The van der Waals surface area contributed by atoms with Gasteiger partial charge in [-0.25, -0.2) is 9.37 Å². The van der Waals surface area contributed by atoms with Crippen LogP contribution in [0.25, 0.3) is 0 Å². The van der Waals surface area contributed by atoms with Crippen molar-refractivity contribution in [1.82, 2.24) is 10.3 Å². The van der Waals surface area contributed by atoms with Gasteiger partial charge in [0.25, 0.3) is 0 Å². The molecule has 18 heavy (non-hydrogen) atoms. The molecule has 0 bridgehead atoms. The number of piperidine rings is 1. The fourth-order valence-corrected chi connectivity index (χ4v) is 2.32. The Balaban J connectivity index is 2.11. The molecule has 5 heteroatoms. The second-order valence-corrected chi connectivity index (χ2v) is 4.56. The third-order valence-corrected chi connectivity index (χ3v) is 3.39. The van der Waals surface area contributed by atoms with Gasteiger partial charge in [-0.3, -0.25) is 0 Å². The normalized spacial score (nSPS) is 17.2. The summed E-state index contributed by atoms with van der Waals surface area (Å²) in [5, 5.41) is 2.96. The largest absolute Gasteiger partial charge is 0.381 e. The van der Waals surface area contributed by atoms with Crippen LogP contribution in [-0.4, -0.2) is 38.3 Å². The van der Waals surface area contributed by atoms with Crippen molar-refractivity contribution in [2.45, 2.75) is 25.5 Å². The second-order valence-electron chi connectivity index (χ2n) is 4.56. The van der Waals surface area contributed by atoms with E-state index in [1.165, 1.54) is 0 Å². The molecule has 0 saturated carbocycles. The first kappa shape index (κ1) is 13.2. The van der Waals surface area contributed by atoms with E-state index < -0.39 is 0 Å². The average molecular weight is 253 g/mol. The van der Waals surface area contributed by atoms with E-state index in [9.17, 15) is 4.39 Å². The standard InChI is InChI=1S/C13H20FN3O/c1-15-9-10-3-6-16-13(12(10)14)17-7-4-11(18-2)5-8-17/h3,6,11,15H,4-5,7-9H2,1-2H3. The maximum atomic E-state index is 14.2. The molecule has 0 aliphatic carbocycles. The Kier molecular flexibility index (Phi) is 4.49. The summed E-state index contributed by atoms with van der Waals surface area (Å²) in [4.78, 5) is 6.18. The van der Waals surface area contributed by atoms with Gasteiger partial charge in [-0.05, 0) is 26.0 Å². The van der Waals surface area contributed by atoms with Gasteiger partial charge in [0.2, 0.25) is 0 Å². The molecule has 1 N–H and O–H groups in total. The molecular formula is C13H20FN3O. The van der Waals surface area contributed by atoms with Crippen LogP contribution >= 0.6 is 0 Å². The highest BCUT2D eigenvalue weighted by atomic mass is 19.1. The molecule has 0 aromatic carbocycles.